The van der Waals surface area contributed by atoms with E-state index in [0.717, 1.165) is 53.2 Å². The zero-order valence-electron chi connectivity index (χ0n) is 16.9. The molecular formula is C22H24N4OS2. The van der Waals surface area contributed by atoms with Crippen LogP contribution in [0.5, 0.6) is 5.75 Å². The average Bonchev–Trinajstić information content (AvgIpc) is 3.32. The van der Waals surface area contributed by atoms with Gasteiger partial charge in [-0.3, -0.25) is 0 Å². The molecule has 3 heterocycles. The number of ether oxygens (including phenoxy) is 1. The van der Waals surface area contributed by atoms with Gasteiger partial charge in [-0.25, -0.2) is 9.97 Å². The highest BCUT2D eigenvalue weighted by atomic mass is 32.1. The van der Waals surface area contributed by atoms with Gasteiger partial charge in [-0.2, -0.15) is 0 Å². The minimum Gasteiger partial charge on any atom is -0.494 e. The van der Waals surface area contributed by atoms with E-state index in [0.29, 0.717) is 6.61 Å². The van der Waals surface area contributed by atoms with E-state index < -0.39 is 0 Å². The second kappa shape index (κ2) is 7.46. The molecule has 150 valence electrons. The van der Waals surface area contributed by atoms with Crippen LogP contribution >= 0.6 is 22.7 Å². The smallest absolute Gasteiger partial charge is 0.186 e. The standard InChI is InChI=1S/C22H24N4OS2/c1-4-27-16-5-6-17-19(13-16)28-21(23-17)25-7-9-26(10-8-25)22-24-18-12-14(2)11-15(3)20(18)29-22/h5-6,11-13H,4,7-10H2,1-3H3. The van der Waals surface area contributed by atoms with Crippen LogP contribution in [0.25, 0.3) is 20.4 Å². The molecule has 0 atom stereocenters. The predicted molar refractivity (Wildman–Crippen MR) is 124 cm³/mol. The normalized spacial score (nSPS) is 14.9. The predicted octanol–water partition coefficient (Wildman–Crippen LogP) is 5.25. The summed E-state index contributed by atoms with van der Waals surface area (Å²) in [7, 11) is 0. The fourth-order valence-corrected chi connectivity index (χ4v) is 5.99. The maximum Gasteiger partial charge on any atom is 0.186 e. The fraction of sp³-hybridized carbons (Fsp3) is 0.364. The van der Waals surface area contributed by atoms with E-state index in [4.69, 9.17) is 14.7 Å². The van der Waals surface area contributed by atoms with Crippen molar-refractivity contribution >= 4 is 53.4 Å². The maximum absolute atomic E-state index is 5.63. The van der Waals surface area contributed by atoms with Crippen molar-refractivity contribution in [1.29, 1.82) is 0 Å². The lowest BCUT2D eigenvalue weighted by Gasteiger charge is -2.34. The highest BCUT2D eigenvalue weighted by molar-refractivity contribution is 7.22. The third-order valence-electron chi connectivity index (χ3n) is 5.29. The van der Waals surface area contributed by atoms with Crippen molar-refractivity contribution in [1.82, 2.24) is 9.97 Å². The molecule has 0 N–H and O–H groups in total. The molecule has 0 saturated carbocycles. The molecule has 2 aromatic heterocycles. The minimum absolute atomic E-state index is 0.685. The lowest BCUT2D eigenvalue weighted by atomic mass is 10.1. The molecule has 1 fully saturated rings. The SMILES string of the molecule is CCOc1ccc2nc(N3CCN(c4nc5cc(C)cc(C)c5s4)CC3)sc2c1. The first-order valence-corrected chi connectivity index (χ1v) is 11.6. The van der Waals surface area contributed by atoms with Crippen LogP contribution in [0.4, 0.5) is 10.3 Å². The van der Waals surface area contributed by atoms with E-state index in [-0.39, 0.29) is 0 Å². The first kappa shape index (κ1) is 18.6. The van der Waals surface area contributed by atoms with E-state index in [1.54, 1.807) is 11.3 Å². The van der Waals surface area contributed by atoms with Gasteiger partial charge in [0.25, 0.3) is 0 Å². The number of fused-ring (bicyclic) bond motifs is 2. The molecule has 0 bridgehead atoms. The Morgan fingerprint density at radius 3 is 2.31 bits per heavy atom. The molecule has 1 aliphatic rings. The second-order valence-corrected chi connectivity index (χ2v) is 9.45. The van der Waals surface area contributed by atoms with Crippen LogP contribution in [-0.2, 0) is 0 Å². The Morgan fingerprint density at radius 1 is 0.897 bits per heavy atom. The van der Waals surface area contributed by atoms with E-state index in [1.807, 2.05) is 24.3 Å². The van der Waals surface area contributed by atoms with Crippen LogP contribution in [0.3, 0.4) is 0 Å². The van der Waals surface area contributed by atoms with Gasteiger partial charge in [0.1, 0.15) is 5.75 Å². The zero-order chi connectivity index (χ0) is 20.0. The van der Waals surface area contributed by atoms with Crippen LogP contribution in [0.2, 0.25) is 0 Å². The largest absolute Gasteiger partial charge is 0.494 e. The second-order valence-electron chi connectivity index (χ2n) is 7.46. The molecule has 5 rings (SSSR count). The minimum atomic E-state index is 0.685. The van der Waals surface area contributed by atoms with Gasteiger partial charge >= 0.3 is 0 Å². The van der Waals surface area contributed by atoms with Crippen LogP contribution in [0, 0.1) is 13.8 Å². The third-order valence-corrected chi connectivity index (χ3v) is 7.64. The first-order valence-electron chi connectivity index (χ1n) is 10.0. The summed E-state index contributed by atoms with van der Waals surface area (Å²) < 4.78 is 8.12. The van der Waals surface area contributed by atoms with Gasteiger partial charge in [-0.1, -0.05) is 28.7 Å². The van der Waals surface area contributed by atoms with Crippen LogP contribution in [-0.4, -0.2) is 42.8 Å². The van der Waals surface area contributed by atoms with Crippen molar-refractivity contribution < 1.29 is 4.74 Å². The van der Waals surface area contributed by atoms with Gasteiger partial charge in [0, 0.05) is 26.2 Å². The average molecular weight is 425 g/mol. The number of aryl methyl sites for hydroxylation is 2. The Balaban J connectivity index is 1.32. The quantitative estimate of drug-likeness (QED) is 0.448. The zero-order valence-corrected chi connectivity index (χ0v) is 18.6. The van der Waals surface area contributed by atoms with E-state index in [9.17, 15) is 0 Å². The fourth-order valence-electron chi connectivity index (χ4n) is 3.87. The van der Waals surface area contributed by atoms with Crippen molar-refractivity contribution in [3.05, 3.63) is 41.5 Å². The summed E-state index contributed by atoms with van der Waals surface area (Å²) >= 11 is 3.57. The lowest BCUT2D eigenvalue weighted by Crippen LogP contribution is -2.46. The number of piperazine rings is 1. The molecule has 1 saturated heterocycles. The van der Waals surface area contributed by atoms with Crippen molar-refractivity contribution in [2.24, 2.45) is 0 Å². The molecule has 0 amide bonds. The molecule has 0 unspecified atom stereocenters. The van der Waals surface area contributed by atoms with Gasteiger partial charge in [-0.05, 0) is 56.2 Å². The van der Waals surface area contributed by atoms with Crippen molar-refractivity contribution in [2.45, 2.75) is 20.8 Å². The summed E-state index contributed by atoms with van der Waals surface area (Å²) in [5.74, 6) is 0.918. The first-order chi connectivity index (χ1) is 14.1. The van der Waals surface area contributed by atoms with Gasteiger partial charge in [0.05, 0.1) is 27.0 Å². The summed E-state index contributed by atoms with van der Waals surface area (Å²) in [4.78, 5) is 14.6. The van der Waals surface area contributed by atoms with Crippen LogP contribution < -0.4 is 14.5 Å². The lowest BCUT2D eigenvalue weighted by molar-refractivity contribution is 0.341. The number of hydrogen-bond donors (Lipinski definition) is 0. The van der Waals surface area contributed by atoms with Crippen molar-refractivity contribution in [2.75, 3.05) is 42.6 Å². The third kappa shape index (κ3) is 3.53. The number of anilines is 2. The summed E-state index contributed by atoms with van der Waals surface area (Å²) in [6, 6.07) is 10.6. The molecular weight excluding hydrogens is 400 g/mol. The molecule has 1 aliphatic heterocycles. The van der Waals surface area contributed by atoms with Crippen LogP contribution in [0.15, 0.2) is 30.3 Å². The molecule has 7 heteroatoms. The van der Waals surface area contributed by atoms with E-state index in [1.165, 1.54) is 20.5 Å². The van der Waals surface area contributed by atoms with Crippen molar-refractivity contribution in [3.63, 3.8) is 0 Å². The van der Waals surface area contributed by atoms with Gasteiger partial charge in [0.2, 0.25) is 0 Å². The number of aromatic nitrogens is 2. The van der Waals surface area contributed by atoms with Crippen molar-refractivity contribution in [3.8, 4) is 5.75 Å². The molecule has 0 aliphatic carbocycles. The number of thiazole rings is 2. The number of rotatable bonds is 4. The Bertz CT molecular complexity index is 1170. The Kier molecular flexibility index (Phi) is 4.80. The Labute approximate surface area is 178 Å². The van der Waals surface area contributed by atoms with Gasteiger partial charge in [0.15, 0.2) is 10.3 Å². The van der Waals surface area contributed by atoms with Gasteiger partial charge < -0.3 is 14.5 Å². The highest BCUT2D eigenvalue weighted by Gasteiger charge is 2.22. The monoisotopic (exact) mass is 424 g/mol. The molecule has 5 nitrogen and oxygen atoms in total. The number of hydrogen-bond acceptors (Lipinski definition) is 7. The molecule has 0 radical (unpaired) electrons. The summed E-state index contributed by atoms with van der Waals surface area (Å²) in [6.45, 7) is 10.9. The number of benzene rings is 2. The topological polar surface area (TPSA) is 41.5 Å². The number of nitrogens with zero attached hydrogens (tertiary/aromatic N) is 4. The summed E-state index contributed by atoms with van der Waals surface area (Å²) in [5, 5.41) is 2.24. The molecule has 0 spiro atoms. The summed E-state index contributed by atoms with van der Waals surface area (Å²) in [5.41, 5.74) is 4.78. The van der Waals surface area contributed by atoms with Gasteiger partial charge in [-0.15, -0.1) is 0 Å². The van der Waals surface area contributed by atoms with E-state index >= 15 is 0 Å². The van der Waals surface area contributed by atoms with E-state index in [2.05, 4.69) is 47.9 Å². The summed E-state index contributed by atoms with van der Waals surface area (Å²) in [6.07, 6.45) is 0. The maximum atomic E-state index is 5.63. The highest BCUT2D eigenvalue weighted by Crippen LogP contribution is 2.35. The Morgan fingerprint density at radius 2 is 1.59 bits per heavy atom. The molecule has 29 heavy (non-hydrogen) atoms. The molecule has 2 aromatic carbocycles. The molecule has 4 aromatic rings. The Hall–Kier alpha value is -2.38. The van der Waals surface area contributed by atoms with Crippen LogP contribution in [0.1, 0.15) is 18.1 Å².